The Labute approximate surface area is 140 Å². The summed E-state index contributed by atoms with van der Waals surface area (Å²) in [6.07, 6.45) is 8.96. The summed E-state index contributed by atoms with van der Waals surface area (Å²) >= 11 is 0. The second-order valence-electron chi connectivity index (χ2n) is 6.81. The summed E-state index contributed by atoms with van der Waals surface area (Å²) in [5, 5.41) is 0. The molecule has 1 aromatic rings. The monoisotopic (exact) mass is 312 g/mol. The highest BCUT2D eigenvalue weighted by molar-refractivity contribution is 5.95. The molecule has 0 spiro atoms. The van der Waals surface area contributed by atoms with Crippen molar-refractivity contribution in [3.05, 3.63) is 47.0 Å². The van der Waals surface area contributed by atoms with Crippen LogP contribution in [0, 0.1) is 6.92 Å². The minimum absolute atomic E-state index is 0.192. The number of rotatable bonds is 4. The van der Waals surface area contributed by atoms with Crippen LogP contribution in [0.3, 0.4) is 0 Å². The van der Waals surface area contributed by atoms with Crippen LogP contribution in [0.15, 0.2) is 35.9 Å². The van der Waals surface area contributed by atoms with Crippen molar-refractivity contribution in [3.63, 3.8) is 0 Å². The second-order valence-corrected chi connectivity index (χ2v) is 6.81. The number of allylic oxidation sites excluding steroid dienone is 1. The highest BCUT2D eigenvalue weighted by Crippen LogP contribution is 2.20. The van der Waals surface area contributed by atoms with Gasteiger partial charge in [-0.3, -0.25) is 9.69 Å². The van der Waals surface area contributed by atoms with Crippen LogP contribution in [0.5, 0.6) is 0 Å². The zero-order valence-electron chi connectivity index (χ0n) is 14.3. The summed E-state index contributed by atoms with van der Waals surface area (Å²) in [6, 6.07) is 7.90. The Kier molecular flexibility index (Phi) is 5.50. The molecule has 1 aliphatic carbocycles. The first-order valence-corrected chi connectivity index (χ1v) is 8.99. The van der Waals surface area contributed by atoms with E-state index in [-0.39, 0.29) is 5.91 Å². The molecule has 0 aromatic heterocycles. The van der Waals surface area contributed by atoms with Gasteiger partial charge in [0.25, 0.3) is 5.91 Å². The van der Waals surface area contributed by atoms with E-state index in [0.717, 1.165) is 43.9 Å². The van der Waals surface area contributed by atoms with E-state index in [1.165, 1.54) is 32.1 Å². The van der Waals surface area contributed by atoms with E-state index < -0.39 is 0 Å². The van der Waals surface area contributed by atoms with Gasteiger partial charge in [0.15, 0.2) is 0 Å². The van der Waals surface area contributed by atoms with Gasteiger partial charge in [-0.2, -0.15) is 0 Å². The number of hydrogen-bond acceptors (Lipinski definition) is 2. The maximum absolute atomic E-state index is 12.6. The Balaban J connectivity index is 1.47. The molecule has 1 fully saturated rings. The van der Waals surface area contributed by atoms with Crippen LogP contribution in [0.25, 0.3) is 0 Å². The molecule has 0 radical (unpaired) electrons. The zero-order chi connectivity index (χ0) is 16.1. The molecule has 1 aromatic carbocycles. The van der Waals surface area contributed by atoms with Crippen LogP contribution in [-0.4, -0.2) is 48.4 Å². The van der Waals surface area contributed by atoms with Crippen molar-refractivity contribution in [1.29, 1.82) is 0 Å². The average molecular weight is 312 g/mol. The summed E-state index contributed by atoms with van der Waals surface area (Å²) in [7, 11) is 0. The minimum Gasteiger partial charge on any atom is -0.336 e. The van der Waals surface area contributed by atoms with Crippen molar-refractivity contribution in [1.82, 2.24) is 9.80 Å². The van der Waals surface area contributed by atoms with Crippen LogP contribution in [0.1, 0.15) is 48.0 Å². The van der Waals surface area contributed by atoms with Crippen molar-refractivity contribution in [2.45, 2.75) is 39.0 Å². The standard InChI is InChI=1S/C20H28N2O/c1-17-7-5-6-10-19(17)20(23)22-15-13-21(14-16-22)12-11-18-8-3-2-4-9-18/h5-8,10H,2-4,9,11-16H2,1H3. The second kappa shape index (κ2) is 7.78. The quantitative estimate of drug-likeness (QED) is 0.792. The number of aryl methyl sites for hydroxylation is 1. The van der Waals surface area contributed by atoms with Crippen LogP contribution >= 0.6 is 0 Å². The molecule has 3 rings (SSSR count). The number of benzene rings is 1. The molecule has 124 valence electrons. The normalized spacial score (nSPS) is 19.5. The fourth-order valence-electron chi connectivity index (χ4n) is 3.59. The largest absolute Gasteiger partial charge is 0.336 e. The lowest BCUT2D eigenvalue weighted by Gasteiger charge is -2.35. The third-order valence-corrected chi connectivity index (χ3v) is 5.17. The summed E-state index contributed by atoms with van der Waals surface area (Å²) in [6.45, 7) is 6.88. The Hall–Kier alpha value is -1.61. The van der Waals surface area contributed by atoms with Crippen LogP contribution < -0.4 is 0 Å². The highest BCUT2D eigenvalue weighted by Gasteiger charge is 2.22. The van der Waals surface area contributed by atoms with E-state index in [9.17, 15) is 4.79 Å². The zero-order valence-corrected chi connectivity index (χ0v) is 14.3. The van der Waals surface area contributed by atoms with Gasteiger partial charge in [0.1, 0.15) is 0 Å². The molecule has 3 heteroatoms. The topological polar surface area (TPSA) is 23.6 Å². The molecule has 3 nitrogen and oxygen atoms in total. The van der Waals surface area contributed by atoms with E-state index in [2.05, 4.69) is 11.0 Å². The average Bonchev–Trinajstić information content (AvgIpc) is 2.61. The van der Waals surface area contributed by atoms with Gasteiger partial charge in [0.2, 0.25) is 0 Å². The predicted molar refractivity (Wildman–Crippen MR) is 94.7 cm³/mol. The highest BCUT2D eigenvalue weighted by atomic mass is 16.2. The van der Waals surface area contributed by atoms with Gasteiger partial charge in [-0.1, -0.05) is 29.8 Å². The van der Waals surface area contributed by atoms with E-state index in [1.54, 1.807) is 5.57 Å². The van der Waals surface area contributed by atoms with E-state index in [1.807, 2.05) is 36.1 Å². The molecular weight excluding hydrogens is 284 g/mol. The lowest BCUT2D eigenvalue weighted by molar-refractivity contribution is 0.0637. The fourth-order valence-corrected chi connectivity index (χ4v) is 3.59. The molecule has 2 aliphatic rings. The van der Waals surface area contributed by atoms with Crippen molar-refractivity contribution >= 4 is 5.91 Å². The maximum Gasteiger partial charge on any atom is 0.254 e. The van der Waals surface area contributed by atoms with Gasteiger partial charge >= 0.3 is 0 Å². The Morgan fingerprint density at radius 1 is 1.09 bits per heavy atom. The molecule has 0 unspecified atom stereocenters. The molecular formula is C20H28N2O. The molecule has 0 bridgehead atoms. The van der Waals surface area contributed by atoms with Gasteiger partial charge in [-0.05, 0) is 50.7 Å². The smallest absolute Gasteiger partial charge is 0.254 e. The molecule has 1 amide bonds. The predicted octanol–water partition coefficient (Wildman–Crippen LogP) is 3.64. The van der Waals surface area contributed by atoms with E-state index in [4.69, 9.17) is 0 Å². The van der Waals surface area contributed by atoms with Crippen LogP contribution in [0.4, 0.5) is 0 Å². The van der Waals surface area contributed by atoms with Crippen LogP contribution in [0.2, 0.25) is 0 Å². The number of piperazine rings is 1. The maximum atomic E-state index is 12.6. The van der Waals surface area contributed by atoms with Crippen molar-refractivity contribution < 1.29 is 4.79 Å². The molecule has 23 heavy (non-hydrogen) atoms. The lowest BCUT2D eigenvalue weighted by Crippen LogP contribution is -2.49. The van der Waals surface area contributed by atoms with E-state index >= 15 is 0 Å². The summed E-state index contributed by atoms with van der Waals surface area (Å²) < 4.78 is 0. The summed E-state index contributed by atoms with van der Waals surface area (Å²) in [5.74, 6) is 0.192. The summed E-state index contributed by atoms with van der Waals surface area (Å²) in [4.78, 5) is 17.2. The number of carbonyl (C=O) groups is 1. The lowest BCUT2D eigenvalue weighted by atomic mass is 9.97. The van der Waals surface area contributed by atoms with Gasteiger partial charge in [0.05, 0.1) is 0 Å². The Bertz CT molecular complexity index is 571. The van der Waals surface area contributed by atoms with Gasteiger partial charge in [0, 0.05) is 38.3 Å². The molecule has 1 heterocycles. The fraction of sp³-hybridized carbons (Fsp3) is 0.550. The minimum atomic E-state index is 0.192. The van der Waals surface area contributed by atoms with Gasteiger partial charge in [-0.15, -0.1) is 0 Å². The molecule has 0 N–H and O–H groups in total. The van der Waals surface area contributed by atoms with Crippen molar-refractivity contribution in [2.75, 3.05) is 32.7 Å². The first-order valence-electron chi connectivity index (χ1n) is 8.99. The molecule has 1 aliphatic heterocycles. The first-order chi connectivity index (χ1) is 11.2. The van der Waals surface area contributed by atoms with Crippen LogP contribution in [-0.2, 0) is 0 Å². The third-order valence-electron chi connectivity index (χ3n) is 5.17. The molecule has 0 atom stereocenters. The number of amides is 1. The number of hydrogen-bond donors (Lipinski definition) is 0. The van der Waals surface area contributed by atoms with Crippen molar-refractivity contribution in [2.24, 2.45) is 0 Å². The third kappa shape index (κ3) is 4.23. The van der Waals surface area contributed by atoms with Gasteiger partial charge < -0.3 is 4.90 Å². The Morgan fingerprint density at radius 2 is 1.87 bits per heavy atom. The molecule has 0 saturated carbocycles. The first kappa shape index (κ1) is 16.3. The number of carbonyl (C=O) groups excluding carboxylic acids is 1. The van der Waals surface area contributed by atoms with Gasteiger partial charge in [-0.25, -0.2) is 0 Å². The van der Waals surface area contributed by atoms with Crippen molar-refractivity contribution in [3.8, 4) is 0 Å². The molecule has 1 saturated heterocycles. The Morgan fingerprint density at radius 3 is 2.57 bits per heavy atom. The SMILES string of the molecule is Cc1ccccc1C(=O)N1CCN(CCC2=CCCCC2)CC1. The summed E-state index contributed by atoms with van der Waals surface area (Å²) in [5.41, 5.74) is 3.58. The van der Waals surface area contributed by atoms with E-state index in [0.29, 0.717) is 0 Å². The number of nitrogens with zero attached hydrogens (tertiary/aromatic N) is 2.